The first-order valence-electron chi connectivity index (χ1n) is 5.47. The SMILES string of the molecule is O=C(O)C1NCCc2c1[nH]c1c(O)cccc21. The van der Waals surface area contributed by atoms with E-state index in [0.29, 0.717) is 17.8 Å². The van der Waals surface area contributed by atoms with Gasteiger partial charge in [-0.25, -0.2) is 0 Å². The van der Waals surface area contributed by atoms with E-state index in [2.05, 4.69) is 10.3 Å². The summed E-state index contributed by atoms with van der Waals surface area (Å²) in [6.45, 7) is 0.632. The summed E-state index contributed by atoms with van der Waals surface area (Å²) in [6.07, 6.45) is 0.766. The predicted molar refractivity (Wildman–Crippen MR) is 62.0 cm³/mol. The Morgan fingerprint density at radius 3 is 3.00 bits per heavy atom. The molecule has 1 aromatic heterocycles. The van der Waals surface area contributed by atoms with Crippen molar-refractivity contribution in [2.24, 2.45) is 0 Å². The number of carboxylic acid groups (broad SMARTS) is 1. The Morgan fingerprint density at radius 2 is 2.24 bits per heavy atom. The third-order valence-corrected chi connectivity index (χ3v) is 3.21. The molecule has 88 valence electrons. The minimum Gasteiger partial charge on any atom is -0.506 e. The van der Waals surface area contributed by atoms with Gasteiger partial charge in [0.05, 0.1) is 5.52 Å². The normalized spacial score (nSPS) is 19.2. The number of phenols is 1. The van der Waals surface area contributed by atoms with Crippen LogP contribution in [0, 0.1) is 0 Å². The molecule has 1 atom stereocenters. The van der Waals surface area contributed by atoms with E-state index in [9.17, 15) is 9.90 Å². The van der Waals surface area contributed by atoms with Crippen molar-refractivity contribution in [1.82, 2.24) is 10.3 Å². The zero-order valence-corrected chi connectivity index (χ0v) is 9.03. The molecular weight excluding hydrogens is 220 g/mol. The second-order valence-electron chi connectivity index (χ2n) is 4.19. The Labute approximate surface area is 97.1 Å². The number of carbonyl (C=O) groups is 1. The molecule has 0 aliphatic carbocycles. The molecule has 0 amide bonds. The highest BCUT2D eigenvalue weighted by Gasteiger charge is 2.29. The molecule has 1 aromatic carbocycles. The standard InChI is InChI=1S/C12H12N2O3/c15-8-3-1-2-6-7-4-5-13-11(12(16)17)10(7)14-9(6)8/h1-3,11,13-15H,4-5H2,(H,16,17). The highest BCUT2D eigenvalue weighted by atomic mass is 16.4. The lowest BCUT2D eigenvalue weighted by atomic mass is 9.99. The van der Waals surface area contributed by atoms with Crippen molar-refractivity contribution in [3.8, 4) is 5.75 Å². The van der Waals surface area contributed by atoms with Crippen molar-refractivity contribution in [3.05, 3.63) is 29.5 Å². The molecule has 0 bridgehead atoms. The molecule has 2 heterocycles. The monoisotopic (exact) mass is 232 g/mol. The van der Waals surface area contributed by atoms with Gasteiger partial charge in [0.15, 0.2) is 0 Å². The number of carboxylic acids is 1. The molecule has 1 aliphatic heterocycles. The van der Waals surface area contributed by atoms with Crippen molar-refractivity contribution in [2.75, 3.05) is 6.54 Å². The maximum absolute atomic E-state index is 11.1. The zero-order chi connectivity index (χ0) is 12.0. The number of benzene rings is 1. The minimum absolute atomic E-state index is 0.154. The van der Waals surface area contributed by atoms with Crippen LogP contribution in [0.4, 0.5) is 0 Å². The fourth-order valence-electron chi connectivity index (χ4n) is 2.45. The van der Waals surface area contributed by atoms with Crippen molar-refractivity contribution in [3.63, 3.8) is 0 Å². The Kier molecular flexibility index (Phi) is 2.09. The van der Waals surface area contributed by atoms with Gasteiger partial charge in [-0.05, 0) is 18.1 Å². The molecule has 5 nitrogen and oxygen atoms in total. The van der Waals surface area contributed by atoms with E-state index in [1.807, 2.05) is 6.07 Å². The van der Waals surface area contributed by atoms with Gasteiger partial charge in [-0.15, -0.1) is 0 Å². The molecule has 0 saturated carbocycles. The molecule has 1 unspecified atom stereocenters. The molecule has 0 saturated heterocycles. The molecule has 4 N–H and O–H groups in total. The average molecular weight is 232 g/mol. The number of rotatable bonds is 1. The fraction of sp³-hybridized carbons (Fsp3) is 0.250. The Balaban J connectivity index is 2.28. The lowest BCUT2D eigenvalue weighted by molar-refractivity contribution is -0.139. The van der Waals surface area contributed by atoms with E-state index < -0.39 is 12.0 Å². The van der Waals surface area contributed by atoms with Gasteiger partial charge in [0, 0.05) is 17.6 Å². The Hall–Kier alpha value is -2.01. The average Bonchev–Trinajstić information content (AvgIpc) is 2.69. The van der Waals surface area contributed by atoms with Crippen molar-refractivity contribution in [2.45, 2.75) is 12.5 Å². The van der Waals surface area contributed by atoms with Crippen LogP contribution < -0.4 is 5.32 Å². The maximum atomic E-state index is 11.1. The zero-order valence-electron chi connectivity index (χ0n) is 9.03. The summed E-state index contributed by atoms with van der Waals surface area (Å²) in [7, 11) is 0. The summed E-state index contributed by atoms with van der Waals surface area (Å²) in [4.78, 5) is 14.2. The number of aromatic nitrogens is 1. The van der Waals surface area contributed by atoms with E-state index in [-0.39, 0.29) is 5.75 Å². The summed E-state index contributed by atoms with van der Waals surface area (Å²) in [6, 6.07) is 4.54. The number of para-hydroxylation sites is 1. The topological polar surface area (TPSA) is 85.4 Å². The van der Waals surface area contributed by atoms with Gasteiger partial charge in [0.1, 0.15) is 11.8 Å². The highest BCUT2D eigenvalue weighted by molar-refractivity contribution is 5.91. The molecule has 3 rings (SSSR count). The van der Waals surface area contributed by atoms with Gasteiger partial charge in [-0.1, -0.05) is 12.1 Å². The number of hydrogen-bond donors (Lipinski definition) is 4. The number of aromatic hydroxyl groups is 1. The largest absolute Gasteiger partial charge is 0.506 e. The van der Waals surface area contributed by atoms with E-state index in [1.54, 1.807) is 12.1 Å². The van der Waals surface area contributed by atoms with Gasteiger partial charge in [0.25, 0.3) is 0 Å². The summed E-state index contributed by atoms with van der Waals surface area (Å²) >= 11 is 0. The molecule has 1 aliphatic rings. The minimum atomic E-state index is -0.906. The predicted octanol–water partition coefficient (Wildman–Crippen LogP) is 1.14. The molecule has 2 aromatic rings. The van der Waals surface area contributed by atoms with E-state index in [4.69, 9.17) is 5.11 Å². The van der Waals surface area contributed by atoms with Crippen LogP contribution in [-0.2, 0) is 11.2 Å². The summed E-state index contributed by atoms with van der Waals surface area (Å²) in [5.74, 6) is -0.752. The number of H-pyrrole nitrogens is 1. The third-order valence-electron chi connectivity index (χ3n) is 3.21. The molecule has 0 spiro atoms. The van der Waals surface area contributed by atoms with Gasteiger partial charge >= 0.3 is 5.97 Å². The van der Waals surface area contributed by atoms with E-state index in [1.165, 1.54) is 0 Å². The van der Waals surface area contributed by atoms with Crippen molar-refractivity contribution >= 4 is 16.9 Å². The summed E-state index contributed by atoms with van der Waals surface area (Å²) in [5, 5.41) is 22.7. The molecular formula is C12H12N2O3. The number of fused-ring (bicyclic) bond motifs is 3. The van der Waals surface area contributed by atoms with Crippen molar-refractivity contribution < 1.29 is 15.0 Å². The molecule has 0 fully saturated rings. The highest BCUT2D eigenvalue weighted by Crippen LogP contribution is 2.33. The van der Waals surface area contributed by atoms with Crippen LogP contribution in [-0.4, -0.2) is 27.7 Å². The van der Waals surface area contributed by atoms with Crippen LogP contribution >= 0.6 is 0 Å². The van der Waals surface area contributed by atoms with Gasteiger partial charge in [0.2, 0.25) is 0 Å². The molecule has 5 heteroatoms. The maximum Gasteiger partial charge on any atom is 0.326 e. The number of phenolic OH excluding ortho intramolecular Hbond substituents is 1. The lowest BCUT2D eigenvalue weighted by Crippen LogP contribution is -2.34. The van der Waals surface area contributed by atoms with Gasteiger partial charge < -0.3 is 15.2 Å². The quantitative estimate of drug-likeness (QED) is 0.594. The van der Waals surface area contributed by atoms with Crippen LogP contribution in [0.2, 0.25) is 0 Å². The van der Waals surface area contributed by atoms with Crippen LogP contribution in [0.15, 0.2) is 18.2 Å². The number of hydrogen-bond acceptors (Lipinski definition) is 3. The van der Waals surface area contributed by atoms with Crippen LogP contribution in [0.5, 0.6) is 5.75 Å². The van der Waals surface area contributed by atoms with Crippen LogP contribution in [0.25, 0.3) is 10.9 Å². The smallest absolute Gasteiger partial charge is 0.326 e. The first-order valence-corrected chi connectivity index (χ1v) is 5.47. The third kappa shape index (κ3) is 1.39. The van der Waals surface area contributed by atoms with Gasteiger partial charge in [-0.3, -0.25) is 10.1 Å². The first-order chi connectivity index (χ1) is 8.18. The molecule has 0 radical (unpaired) electrons. The second-order valence-corrected chi connectivity index (χ2v) is 4.19. The lowest BCUT2D eigenvalue weighted by Gasteiger charge is -2.20. The van der Waals surface area contributed by atoms with Crippen molar-refractivity contribution in [1.29, 1.82) is 0 Å². The van der Waals surface area contributed by atoms with Gasteiger partial charge in [-0.2, -0.15) is 0 Å². The Morgan fingerprint density at radius 1 is 1.41 bits per heavy atom. The number of nitrogens with one attached hydrogen (secondary N) is 2. The Bertz CT molecular complexity index is 603. The first kappa shape index (κ1) is 10.2. The summed E-state index contributed by atoms with van der Waals surface area (Å²) in [5.41, 5.74) is 2.26. The molecule has 17 heavy (non-hydrogen) atoms. The van der Waals surface area contributed by atoms with Crippen LogP contribution in [0.3, 0.4) is 0 Å². The van der Waals surface area contributed by atoms with E-state index in [0.717, 1.165) is 17.4 Å². The summed E-state index contributed by atoms with van der Waals surface area (Å²) < 4.78 is 0. The second kappa shape index (κ2) is 3.49. The van der Waals surface area contributed by atoms with Crippen LogP contribution in [0.1, 0.15) is 17.3 Å². The number of aliphatic carboxylic acids is 1. The fourth-order valence-corrected chi connectivity index (χ4v) is 2.45. The number of aromatic amines is 1. The van der Waals surface area contributed by atoms with E-state index >= 15 is 0 Å².